The minimum absolute atomic E-state index is 0.111. The number of carbonyl (C=O) groups is 1. The van der Waals surface area contributed by atoms with E-state index in [1.165, 1.54) is 27.8 Å². The molecule has 0 aromatic heterocycles. The van der Waals surface area contributed by atoms with Crippen LogP contribution < -0.4 is 11.5 Å². The molecule has 0 saturated carbocycles. The van der Waals surface area contributed by atoms with Gasteiger partial charge in [-0.1, -0.05) is 54.6 Å². The fraction of sp³-hybridized carbons (Fsp3) is 0.318. The molecule has 0 amide bonds. The maximum absolute atomic E-state index is 11.5. The summed E-state index contributed by atoms with van der Waals surface area (Å²) in [5, 5.41) is 0. The fourth-order valence-electron chi connectivity index (χ4n) is 3.22. The minimum Gasteiger partial charge on any atom is -0.464 e. The van der Waals surface area contributed by atoms with E-state index in [0.717, 1.165) is 25.7 Å². The van der Waals surface area contributed by atoms with Gasteiger partial charge in [-0.2, -0.15) is 0 Å². The third-order valence-electron chi connectivity index (χ3n) is 4.76. The molecule has 2 aromatic carbocycles. The van der Waals surface area contributed by atoms with Crippen LogP contribution in [-0.2, 0) is 22.4 Å². The Hall–Kier alpha value is -2.43. The number of allylic oxidation sites excluding steroid dienone is 1. The van der Waals surface area contributed by atoms with Gasteiger partial charge in [0.2, 0.25) is 0 Å². The number of hydrogen-bond acceptors (Lipinski definition) is 4. The second-order valence-electron chi connectivity index (χ2n) is 6.68. The molecule has 0 aliphatic heterocycles. The molecule has 1 atom stereocenters. The highest BCUT2D eigenvalue weighted by molar-refractivity contribution is 5.84. The van der Waals surface area contributed by atoms with E-state index in [0.29, 0.717) is 6.61 Å². The van der Waals surface area contributed by atoms with Gasteiger partial charge in [-0.15, -0.1) is 0 Å². The summed E-state index contributed by atoms with van der Waals surface area (Å²) < 4.78 is 5.15. The number of nitrogens with two attached hydrogens (primary N) is 2. The van der Waals surface area contributed by atoms with Crippen molar-refractivity contribution in [3.63, 3.8) is 0 Å². The summed E-state index contributed by atoms with van der Waals surface area (Å²) in [6, 6.07) is 16.5. The summed E-state index contributed by atoms with van der Waals surface area (Å²) in [6.07, 6.45) is 6.10. The molecule has 0 fully saturated rings. The molecule has 4 heteroatoms. The van der Waals surface area contributed by atoms with Crippen molar-refractivity contribution >= 4 is 17.6 Å². The highest BCUT2D eigenvalue weighted by Crippen LogP contribution is 2.30. The van der Waals surface area contributed by atoms with Gasteiger partial charge in [0.25, 0.3) is 0 Å². The molecule has 1 aliphatic carbocycles. The van der Waals surface area contributed by atoms with E-state index in [2.05, 4.69) is 48.5 Å². The smallest absolute Gasteiger partial charge is 0.324 e. The van der Waals surface area contributed by atoms with E-state index in [1.54, 1.807) is 0 Å². The van der Waals surface area contributed by atoms with Crippen LogP contribution in [0.25, 0.3) is 11.6 Å². The molecule has 0 bridgehead atoms. The minimum atomic E-state index is -0.722. The molecule has 1 aliphatic rings. The number of benzene rings is 2. The van der Waals surface area contributed by atoms with Crippen LogP contribution in [0.1, 0.15) is 35.1 Å². The quantitative estimate of drug-likeness (QED) is 0.594. The van der Waals surface area contributed by atoms with Crippen molar-refractivity contribution in [2.75, 3.05) is 13.2 Å². The van der Waals surface area contributed by atoms with Gasteiger partial charge in [-0.3, -0.25) is 4.79 Å². The molecule has 26 heavy (non-hydrogen) atoms. The lowest BCUT2D eigenvalue weighted by Crippen LogP contribution is -2.39. The average Bonchev–Trinajstić information content (AvgIpc) is 2.70. The topological polar surface area (TPSA) is 78.3 Å². The van der Waals surface area contributed by atoms with E-state index in [-0.39, 0.29) is 6.54 Å². The largest absolute Gasteiger partial charge is 0.464 e. The molecule has 0 spiro atoms. The number of fused-ring (bicyclic) bond motifs is 1. The summed E-state index contributed by atoms with van der Waals surface area (Å²) in [5.41, 5.74) is 17.5. The highest BCUT2D eigenvalue weighted by atomic mass is 16.5. The Morgan fingerprint density at radius 2 is 1.92 bits per heavy atom. The Balaban J connectivity index is 1.61. The second kappa shape index (κ2) is 8.79. The van der Waals surface area contributed by atoms with E-state index in [4.69, 9.17) is 16.2 Å². The summed E-state index contributed by atoms with van der Waals surface area (Å²) in [7, 11) is 0. The standard InChI is InChI=1S/C22H26N2O2/c23-15-21(24)22(25)26-12-4-5-16-8-9-18-10-11-19(14-20(18)13-16)17-6-2-1-3-7-17/h1-3,6-9,13-14,21H,4-5,10-12,15,23-24H2. The van der Waals surface area contributed by atoms with Crippen LogP contribution in [0.15, 0.2) is 48.5 Å². The number of esters is 1. The number of aryl methyl sites for hydroxylation is 2. The maximum Gasteiger partial charge on any atom is 0.324 e. The van der Waals surface area contributed by atoms with Crippen molar-refractivity contribution in [3.05, 3.63) is 70.8 Å². The highest BCUT2D eigenvalue weighted by Gasteiger charge is 2.13. The Labute approximate surface area is 154 Å². The summed E-state index contributed by atoms with van der Waals surface area (Å²) in [4.78, 5) is 11.5. The Kier molecular flexibility index (Phi) is 6.21. The molecule has 1 unspecified atom stereocenters. The number of ether oxygens (including phenoxy) is 1. The number of hydrogen-bond donors (Lipinski definition) is 2. The van der Waals surface area contributed by atoms with E-state index in [1.807, 2.05) is 6.07 Å². The predicted octanol–water partition coefficient (Wildman–Crippen LogP) is 2.94. The Morgan fingerprint density at radius 3 is 2.69 bits per heavy atom. The predicted molar refractivity (Wildman–Crippen MR) is 105 cm³/mol. The van der Waals surface area contributed by atoms with Gasteiger partial charge in [0, 0.05) is 6.54 Å². The lowest BCUT2D eigenvalue weighted by atomic mass is 9.87. The van der Waals surface area contributed by atoms with Gasteiger partial charge < -0.3 is 16.2 Å². The van der Waals surface area contributed by atoms with E-state index in [9.17, 15) is 4.79 Å². The lowest BCUT2D eigenvalue weighted by Gasteiger charge is -2.18. The third kappa shape index (κ3) is 4.59. The summed E-state index contributed by atoms with van der Waals surface area (Å²) >= 11 is 0. The molecule has 0 radical (unpaired) electrons. The summed E-state index contributed by atoms with van der Waals surface area (Å²) in [6.45, 7) is 0.481. The molecular formula is C22H26N2O2. The monoisotopic (exact) mass is 350 g/mol. The second-order valence-corrected chi connectivity index (χ2v) is 6.68. The molecule has 136 valence electrons. The number of carbonyl (C=O) groups excluding carboxylic acids is 1. The Bertz CT molecular complexity index is 784. The zero-order chi connectivity index (χ0) is 18.4. The van der Waals surface area contributed by atoms with Crippen LogP contribution in [0.3, 0.4) is 0 Å². The molecule has 4 N–H and O–H groups in total. The fourth-order valence-corrected chi connectivity index (χ4v) is 3.22. The van der Waals surface area contributed by atoms with Crippen molar-refractivity contribution < 1.29 is 9.53 Å². The normalized spacial score (nSPS) is 14.3. The van der Waals surface area contributed by atoms with Gasteiger partial charge in [0.1, 0.15) is 6.04 Å². The van der Waals surface area contributed by atoms with Crippen LogP contribution in [0, 0.1) is 0 Å². The van der Waals surface area contributed by atoms with Gasteiger partial charge in [-0.25, -0.2) is 0 Å². The molecule has 0 saturated heterocycles. The van der Waals surface area contributed by atoms with Crippen LogP contribution in [0.5, 0.6) is 0 Å². The Morgan fingerprint density at radius 1 is 1.12 bits per heavy atom. The molecule has 0 heterocycles. The first kappa shape index (κ1) is 18.4. The van der Waals surface area contributed by atoms with Crippen LogP contribution in [-0.4, -0.2) is 25.2 Å². The van der Waals surface area contributed by atoms with Crippen molar-refractivity contribution in [3.8, 4) is 0 Å². The average molecular weight is 350 g/mol. The van der Waals surface area contributed by atoms with Crippen molar-refractivity contribution in [1.29, 1.82) is 0 Å². The first-order valence-corrected chi connectivity index (χ1v) is 9.17. The van der Waals surface area contributed by atoms with Gasteiger partial charge in [-0.05, 0) is 53.5 Å². The molecule has 3 rings (SSSR count). The molecular weight excluding hydrogens is 324 g/mol. The molecule has 4 nitrogen and oxygen atoms in total. The van der Waals surface area contributed by atoms with Gasteiger partial charge in [0.15, 0.2) is 0 Å². The molecule has 2 aromatic rings. The van der Waals surface area contributed by atoms with Crippen LogP contribution in [0.2, 0.25) is 0 Å². The van der Waals surface area contributed by atoms with Crippen molar-refractivity contribution in [2.24, 2.45) is 11.5 Å². The number of rotatable bonds is 7. The zero-order valence-electron chi connectivity index (χ0n) is 15.0. The van der Waals surface area contributed by atoms with Crippen LogP contribution >= 0.6 is 0 Å². The van der Waals surface area contributed by atoms with Crippen molar-refractivity contribution in [2.45, 2.75) is 31.7 Å². The zero-order valence-corrected chi connectivity index (χ0v) is 15.0. The lowest BCUT2D eigenvalue weighted by molar-refractivity contribution is -0.145. The first-order chi connectivity index (χ1) is 12.7. The SMILES string of the molecule is NCC(N)C(=O)OCCCc1ccc2c(c1)C=C(c1ccccc1)CC2. The van der Waals surface area contributed by atoms with Gasteiger partial charge in [0.05, 0.1) is 6.61 Å². The van der Waals surface area contributed by atoms with E-state index < -0.39 is 12.0 Å². The third-order valence-corrected chi connectivity index (χ3v) is 4.76. The van der Waals surface area contributed by atoms with Crippen molar-refractivity contribution in [1.82, 2.24) is 0 Å². The maximum atomic E-state index is 11.5. The first-order valence-electron chi connectivity index (χ1n) is 9.17. The summed E-state index contributed by atoms with van der Waals surface area (Å²) in [5.74, 6) is -0.423. The van der Waals surface area contributed by atoms with Gasteiger partial charge >= 0.3 is 5.97 Å². The van der Waals surface area contributed by atoms with Crippen LogP contribution in [0.4, 0.5) is 0 Å². The van der Waals surface area contributed by atoms with E-state index >= 15 is 0 Å².